The zero-order valence-corrected chi connectivity index (χ0v) is 17.0. The van der Waals surface area contributed by atoms with Gasteiger partial charge in [-0.25, -0.2) is 19.3 Å². The molecular formula is C23H20FN7. The van der Waals surface area contributed by atoms with Crippen LogP contribution in [0.3, 0.4) is 0 Å². The Hall–Kier alpha value is -4.07. The van der Waals surface area contributed by atoms with Crippen molar-refractivity contribution in [3.8, 4) is 11.3 Å². The largest absolute Gasteiger partial charge is 0.365 e. The van der Waals surface area contributed by atoms with Crippen molar-refractivity contribution in [1.29, 1.82) is 0 Å². The number of benzene rings is 1. The average molecular weight is 413 g/mol. The van der Waals surface area contributed by atoms with Crippen LogP contribution in [-0.2, 0) is 6.54 Å². The molecule has 5 aromatic rings. The van der Waals surface area contributed by atoms with Crippen LogP contribution in [0.5, 0.6) is 0 Å². The first-order chi connectivity index (χ1) is 15.1. The van der Waals surface area contributed by atoms with Crippen molar-refractivity contribution in [2.24, 2.45) is 0 Å². The second-order valence-corrected chi connectivity index (χ2v) is 7.34. The lowest BCUT2D eigenvalue weighted by Gasteiger charge is -2.12. The van der Waals surface area contributed by atoms with Crippen LogP contribution < -0.4 is 5.32 Å². The lowest BCUT2D eigenvalue weighted by molar-refractivity contribution is 0.622. The molecule has 5 rings (SSSR count). The Kier molecular flexibility index (Phi) is 4.66. The van der Waals surface area contributed by atoms with Crippen LogP contribution in [0.1, 0.15) is 12.6 Å². The molecule has 1 N–H and O–H groups in total. The molecule has 1 aromatic carbocycles. The van der Waals surface area contributed by atoms with E-state index in [1.165, 1.54) is 12.3 Å². The van der Waals surface area contributed by atoms with Gasteiger partial charge in [0.05, 0.1) is 41.1 Å². The summed E-state index contributed by atoms with van der Waals surface area (Å²) < 4.78 is 17.8. The molecule has 8 heteroatoms. The van der Waals surface area contributed by atoms with Crippen LogP contribution in [0.2, 0.25) is 0 Å². The normalized spacial score (nSPS) is 11.3. The summed E-state index contributed by atoms with van der Waals surface area (Å²) in [5, 5.41) is 3.38. The Morgan fingerprint density at radius 1 is 1.16 bits per heavy atom. The van der Waals surface area contributed by atoms with Gasteiger partial charge >= 0.3 is 0 Å². The summed E-state index contributed by atoms with van der Waals surface area (Å²) in [5.41, 5.74) is 5.64. The van der Waals surface area contributed by atoms with E-state index in [2.05, 4.69) is 31.4 Å². The number of rotatable bonds is 6. The van der Waals surface area contributed by atoms with Crippen LogP contribution in [0.4, 0.5) is 10.2 Å². The molecule has 0 aliphatic rings. The molecule has 7 nitrogen and oxygen atoms in total. The Balaban J connectivity index is 1.50. The molecule has 0 saturated carbocycles. The summed E-state index contributed by atoms with van der Waals surface area (Å²) in [5.74, 6) is 0.199. The molecule has 0 atom stereocenters. The highest BCUT2D eigenvalue weighted by atomic mass is 19.1. The first-order valence-electron chi connectivity index (χ1n) is 9.89. The minimum atomic E-state index is -0.411. The molecule has 0 amide bonds. The molecule has 154 valence electrons. The van der Waals surface area contributed by atoms with E-state index in [0.717, 1.165) is 22.3 Å². The molecule has 0 spiro atoms. The van der Waals surface area contributed by atoms with Crippen LogP contribution in [0.15, 0.2) is 68.0 Å². The van der Waals surface area contributed by atoms with E-state index >= 15 is 0 Å². The fourth-order valence-electron chi connectivity index (χ4n) is 3.60. The van der Waals surface area contributed by atoms with E-state index < -0.39 is 5.82 Å². The lowest BCUT2D eigenvalue weighted by atomic mass is 10.2. The first kappa shape index (κ1) is 18.9. The zero-order chi connectivity index (χ0) is 21.4. The van der Waals surface area contributed by atoms with Gasteiger partial charge < -0.3 is 9.88 Å². The number of allylic oxidation sites excluding steroid dienone is 1. The van der Waals surface area contributed by atoms with Crippen molar-refractivity contribution < 1.29 is 4.39 Å². The monoisotopic (exact) mass is 413 g/mol. The second kappa shape index (κ2) is 7.64. The van der Waals surface area contributed by atoms with Gasteiger partial charge in [-0.15, -0.1) is 0 Å². The van der Waals surface area contributed by atoms with Crippen LogP contribution in [0.25, 0.3) is 33.5 Å². The van der Waals surface area contributed by atoms with E-state index in [1.807, 2.05) is 48.1 Å². The number of halogens is 1. The van der Waals surface area contributed by atoms with Crippen LogP contribution in [-0.4, -0.2) is 35.4 Å². The van der Waals surface area contributed by atoms with Crippen molar-refractivity contribution in [2.45, 2.75) is 13.5 Å². The van der Waals surface area contributed by atoms with E-state index in [4.69, 9.17) is 4.98 Å². The molecule has 0 bridgehead atoms. The molecule has 4 heterocycles. The van der Waals surface area contributed by atoms with Gasteiger partial charge in [0.15, 0.2) is 11.5 Å². The summed E-state index contributed by atoms with van der Waals surface area (Å²) in [7, 11) is 0. The van der Waals surface area contributed by atoms with E-state index in [9.17, 15) is 4.39 Å². The number of hydrogen-bond donors (Lipinski definition) is 1. The number of nitrogens with one attached hydrogen (secondary N) is 1. The highest BCUT2D eigenvalue weighted by molar-refractivity contribution is 5.75. The molecule has 0 radical (unpaired) electrons. The lowest BCUT2D eigenvalue weighted by Crippen LogP contribution is -2.12. The van der Waals surface area contributed by atoms with Gasteiger partial charge in [-0.1, -0.05) is 18.7 Å². The van der Waals surface area contributed by atoms with Gasteiger partial charge in [0.2, 0.25) is 0 Å². The molecule has 0 unspecified atom stereocenters. The number of anilines is 1. The molecule has 0 aliphatic heterocycles. The third-order valence-electron chi connectivity index (χ3n) is 5.10. The molecular weight excluding hydrogens is 393 g/mol. The number of hydrogen-bond acceptors (Lipinski definition) is 5. The number of aromatic nitrogens is 6. The van der Waals surface area contributed by atoms with Crippen molar-refractivity contribution in [1.82, 2.24) is 28.9 Å². The summed E-state index contributed by atoms with van der Waals surface area (Å²) in [4.78, 5) is 17.6. The Bertz CT molecular complexity index is 1420. The number of para-hydroxylation sites is 2. The number of pyridine rings is 1. The van der Waals surface area contributed by atoms with Crippen LogP contribution in [0, 0.1) is 5.82 Å². The standard InChI is InChI=1S/C23H20FN7/c1-15(2)21-12-27-23-22(26-7-8-30-14-28-18-5-3-4-6-20(18)30)29-19(13-31(21)23)16-9-17(24)11-25-10-16/h3-6,9-14H,1,7-8H2,2H3,(H,26,29). The Morgan fingerprint density at radius 3 is 2.87 bits per heavy atom. The predicted molar refractivity (Wildman–Crippen MR) is 119 cm³/mol. The maximum absolute atomic E-state index is 13.8. The minimum absolute atomic E-state index is 0.411. The SMILES string of the molecule is C=C(C)c1cnc2c(NCCn3cnc4ccccc43)nc(-c3cncc(F)c3)cn12. The van der Waals surface area contributed by atoms with E-state index in [-0.39, 0.29) is 0 Å². The van der Waals surface area contributed by atoms with Gasteiger partial charge in [0.25, 0.3) is 0 Å². The van der Waals surface area contributed by atoms with Crippen molar-refractivity contribution in [3.63, 3.8) is 0 Å². The third-order valence-corrected chi connectivity index (χ3v) is 5.10. The predicted octanol–water partition coefficient (Wildman–Crippen LogP) is 4.43. The van der Waals surface area contributed by atoms with Gasteiger partial charge in [-0.05, 0) is 30.7 Å². The highest BCUT2D eigenvalue weighted by Crippen LogP contribution is 2.25. The molecule has 4 aromatic heterocycles. The number of nitrogens with zero attached hydrogens (tertiary/aromatic N) is 6. The average Bonchev–Trinajstić information content (AvgIpc) is 3.38. The molecule has 0 aliphatic carbocycles. The quantitative estimate of drug-likeness (QED) is 0.446. The van der Waals surface area contributed by atoms with Crippen molar-refractivity contribution in [2.75, 3.05) is 11.9 Å². The Morgan fingerprint density at radius 2 is 2.03 bits per heavy atom. The summed E-state index contributed by atoms with van der Waals surface area (Å²) in [6, 6.07) is 9.43. The highest BCUT2D eigenvalue weighted by Gasteiger charge is 2.14. The van der Waals surface area contributed by atoms with Crippen molar-refractivity contribution >= 4 is 28.1 Å². The van der Waals surface area contributed by atoms with Gasteiger partial charge in [0.1, 0.15) is 5.82 Å². The van der Waals surface area contributed by atoms with Crippen LogP contribution >= 0.6 is 0 Å². The Labute approximate surface area is 177 Å². The maximum atomic E-state index is 13.8. The summed E-state index contributed by atoms with van der Waals surface area (Å²) in [6.45, 7) is 7.27. The van der Waals surface area contributed by atoms with E-state index in [0.29, 0.717) is 35.8 Å². The van der Waals surface area contributed by atoms with E-state index in [1.54, 1.807) is 12.4 Å². The molecule has 0 saturated heterocycles. The fraction of sp³-hybridized carbons (Fsp3) is 0.130. The third kappa shape index (κ3) is 3.52. The topological polar surface area (TPSA) is 72.9 Å². The van der Waals surface area contributed by atoms with Crippen molar-refractivity contribution in [3.05, 3.63) is 79.5 Å². The first-order valence-corrected chi connectivity index (χ1v) is 9.89. The fourth-order valence-corrected chi connectivity index (χ4v) is 3.60. The molecule has 0 fully saturated rings. The van der Waals surface area contributed by atoms with Gasteiger partial charge in [0, 0.05) is 31.0 Å². The zero-order valence-electron chi connectivity index (χ0n) is 17.0. The van der Waals surface area contributed by atoms with Gasteiger partial charge in [-0.2, -0.15) is 0 Å². The maximum Gasteiger partial charge on any atom is 0.180 e. The minimum Gasteiger partial charge on any atom is -0.365 e. The number of fused-ring (bicyclic) bond motifs is 2. The second-order valence-electron chi connectivity index (χ2n) is 7.34. The summed E-state index contributed by atoms with van der Waals surface area (Å²) >= 11 is 0. The summed E-state index contributed by atoms with van der Waals surface area (Å²) in [6.07, 6.45) is 8.20. The number of imidazole rings is 2. The smallest absolute Gasteiger partial charge is 0.180 e. The van der Waals surface area contributed by atoms with Gasteiger partial charge in [-0.3, -0.25) is 9.38 Å². The molecule has 31 heavy (non-hydrogen) atoms.